The molecule has 1 unspecified atom stereocenters. The maximum Gasteiger partial charge on any atom is 0.253 e. The van der Waals surface area contributed by atoms with E-state index in [4.69, 9.17) is 9.47 Å². The van der Waals surface area contributed by atoms with Gasteiger partial charge in [0, 0.05) is 31.7 Å². The highest BCUT2D eigenvalue weighted by Crippen LogP contribution is 2.19. The molecule has 0 spiro atoms. The number of morpholine rings is 1. The number of rotatable bonds is 6. The monoisotopic (exact) mass is 294 g/mol. The second-order valence-corrected chi connectivity index (χ2v) is 4.86. The lowest BCUT2D eigenvalue weighted by Crippen LogP contribution is -2.49. The normalized spacial score (nSPS) is 18.3. The van der Waals surface area contributed by atoms with Crippen LogP contribution in [0.4, 0.5) is 0 Å². The van der Waals surface area contributed by atoms with Crippen LogP contribution < -0.4 is 10.1 Å². The molecule has 0 aromatic heterocycles. The van der Waals surface area contributed by atoms with Crippen LogP contribution in [0.25, 0.3) is 0 Å². The molecule has 1 aromatic rings. The molecule has 0 saturated carbocycles. The molecule has 1 saturated heterocycles. The van der Waals surface area contributed by atoms with Gasteiger partial charge < -0.3 is 24.8 Å². The molecule has 0 bridgehead atoms. The highest BCUT2D eigenvalue weighted by molar-refractivity contribution is 5.81. The van der Waals surface area contributed by atoms with Crippen molar-refractivity contribution < 1.29 is 19.4 Å². The zero-order valence-corrected chi connectivity index (χ0v) is 12.2. The van der Waals surface area contributed by atoms with Gasteiger partial charge in [0.25, 0.3) is 5.91 Å². The number of para-hydroxylation sites is 1. The Labute approximate surface area is 124 Å². The number of amides is 1. The summed E-state index contributed by atoms with van der Waals surface area (Å²) in [7, 11) is 1.60. The van der Waals surface area contributed by atoms with E-state index in [-0.39, 0.29) is 19.1 Å². The first-order valence-electron chi connectivity index (χ1n) is 7.10. The van der Waals surface area contributed by atoms with E-state index in [0.717, 1.165) is 17.9 Å². The average molecular weight is 294 g/mol. The summed E-state index contributed by atoms with van der Waals surface area (Å²) < 4.78 is 10.8. The van der Waals surface area contributed by atoms with E-state index in [2.05, 4.69) is 5.32 Å². The Morgan fingerprint density at radius 3 is 3.00 bits per heavy atom. The number of carbonyl (C=O) groups is 1. The molecule has 0 aliphatic carbocycles. The number of nitrogens with zero attached hydrogens (tertiary/aromatic N) is 1. The van der Waals surface area contributed by atoms with E-state index in [0.29, 0.717) is 19.7 Å². The minimum Gasteiger partial charge on any atom is -0.496 e. The first-order valence-corrected chi connectivity index (χ1v) is 7.10. The predicted octanol–water partition coefficient (Wildman–Crippen LogP) is 0.00450. The van der Waals surface area contributed by atoms with Gasteiger partial charge in [-0.05, 0) is 6.07 Å². The van der Waals surface area contributed by atoms with Crippen LogP contribution in [0.1, 0.15) is 5.56 Å². The second kappa shape index (κ2) is 7.97. The maximum atomic E-state index is 12.5. The quantitative estimate of drug-likeness (QED) is 0.773. The molecular formula is C15H22N2O4. The van der Waals surface area contributed by atoms with Crippen molar-refractivity contribution in [3.63, 3.8) is 0 Å². The lowest BCUT2D eigenvalue weighted by atomic mass is 10.1. The number of hydrogen-bond acceptors (Lipinski definition) is 5. The van der Waals surface area contributed by atoms with Gasteiger partial charge in [-0.15, -0.1) is 0 Å². The second-order valence-electron chi connectivity index (χ2n) is 4.86. The Morgan fingerprint density at radius 1 is 1.52 bits per heavy atom. The number of aliphatic hydroxyl groups is 1. The molecule has 1 aliphatic heterocycles. The van der Waals surface area contributed by atoms with Crippen molar-refractivity contribution >= 4 is 5.91 Å². The van der Waals surface area contributed by atoms with Gasteiger partial charge in [-0.3, -0.25) is 4.79 Å². The summed E-state index contributed by atoms with van der Waals surface area (Å²) in [6.45, 7) is 2.38. The molecule has 1 aromatic carbocycles. The summed E-state index contributed by atoms with van der Waals surface area (Å²) in [5.74, 6) is 0.623. The lowest BCUT2D eigenvalue weighted by molar-refractivity contribution is -0.146. The van der Waals surface area contributed by atoms with Gasteiger partial charge in [-0.1, -0.05) is 18.2 Å². The molecule has 1 fully saturated rings. The first-order chi connectivity index (χ1) is 10.3. The summed E-state index contributed by atoms with van der Waals surface area (Å²) >= 11 is 0. The van der Waals surface area contributed by atoms with Gasteiger partial charge in [-0.2, -0.15) is 0 Å². The number of carbonyl (C=O) groups excluding carboxylic acids is 1. The van der Waals surface area contributed by atoms with Crippen molar-refractivity contribution in [3.8, 4) is 5.75 Å². The highest BCUT2D eigenvalue weighted by atomic mass is 16.5. The van der Waals surface area contributed by atoms with Crippen LogP contribution in [-0.4, -0.2) is 62.0 Å². The average Bonchev–Trinajstić information content (AvgIpc) is 2.55. The van der Waals surface area contributed by atoms with Crippen LogP contribution in [0.2, 0.25) is 0 Å². The fourth-order valence-corrected chi connectivity index (χ4v) is 2.35. The minimum atomic E-state index is -0.486. The van der Waals surface area contributed by atoms with Gasteiger partial charge in [0.05, 0.1) is 20.3 Å². The molecule has 6 nitrogen and oxygen atoms in total. The molecule has 6 heteroatoms. The van der Waals surface area contributed by atoms with Gasteiger partial charge in [0.1, 0.15) is 11.9 Å². The number of ether oxygens (including phenoxy) is 2. The van der Waals surface area contributed by atoms with E-state index < -0.39 is 6.10 Å². The topological polar surface area (TPSA) is 71.0 Å². The third-order valence-electron chi connectivity index (χ3n) is 3.44. The maximum absolute atomic E-state index is 12.5. The Kier molecular flexibility index (Phi) is 5.98. The number of methoxy groups -OCH3 is 1. The van der Waals surface area contributed by atoms with Gasteiger partial charge in [0.2, 0.25) is 0 Å². The van der Waals surface area contributed by atoms with Gasteiger partial charge in [0.15, 0.2) is 0 Å². The fourth-order valence-electron chi connectivity index (χ4n) is 2.35. The molecule has 2 rings (SSSR count). The number of aliphatic hydroxyl groups excluding tert-OH is 1. The van der Waals surface area contributed by atoms with Crippen molar-refractivity contribution in [3.05, 3.63) is 29.8 Å². The van der Waals surface area contributed by atoms with Crippen molar-refractivity contribution in [2.45, 2.75) is 12.6 Å². The van der Waals surface area contributed by atoms with Gasteiger partial charge in [-0.25, -0.2) is 0 Å². The number of benzene rings is 1. The summed E-state index contributed by atoms with van der Waals surface area (Å²) in [4.78, 5) is 14.1. The van der Waals surface area contributed by atoms with Crippen LogP contribution >= 0.6 is 0 Å². The molecule has 1 amide bonds. The molecular weight excluding hydrogens is 272 g/mol. The van der Waals surface area contributed by atoms with E-state index in [1.165, 1.54) is 0 Å². The van der Waals surface area contributed by atoms with Crippen molar-refractivity contribution in [1.29, 1.82) is 0 Å². The lowest BCUT2D eigenvalue weighted by Gasteiger charge is -2.29. The van der Waals surface area contributed by atoms with E-state index in [9.17, 15) is 9.90 Å². The molecule has 21 heavy (non-hydrogen) atoms. The number of hydrogen-bond donors (Lipinski definition) is 2. The molecule has 2 N–H and O–H groups in total. The minimum absolute atomic E-state index is 0.0823. The zero-order chi connectivity index (χ0) is 15.1. The standard InChI is InChI=1S/C15H22N2O4/c1-20-13-5-3-2-4-12(13)11-17(7-8-18)15(19)14-10-16-6-9-21-14/h2-5,14,16,18H,6-11H2,1H3. The van der Waals surface area contributed by atoms with Crippen molar-refractivity contribution in [2.24, 2.45) is 0 Å². The highest BCUT2D eigenvalue weighted by Gasteiger charge is 2.27. The van der Waals surface area contributed by atoms with E-state index in [1.54, 1.807) is 12.0 Å². The summed E-state index contributed by atoms with van der Waals surface area (Å²) in [5.41, 5.74) is 0.908. The SMILES string of the molecule is COc1ccccc1CN(CCO)C(=O)C1CNCCO1. The smallest absolute Gasteiger partial charge is 0.253 e. The number of nitrogens with one attached hydrogen (secondary N) is 1. The summed E-state index contributed by atoms with van der Waals surface area (Å²) in [5, 5.41) is 12.3. The Bertz CT molecular complexity index is 461. The van der Waals surface area contributed by atoms with Crippen LogP contribution in [0.5, 0.6) is 5.75 Å². The zero-order valence-electron chi connectivity index (χ0n) is 12.2. The van der Waals surface area contributed by atoms with Crippen molar-refractivity contribution in [2.75, 3.05) is 40.0 Å². The van der Waals surface area contributed by atoms with Gasteiger partial charge >= 0.3 is 0 Å². The molecule has 116 valence electrons. The molecule has 0 radical (unpaired) electrons. The predicted molar refractivity (Wildman–Crippen MR) is 78.1 cm³/mol. The van der Waals surface area contributed by atoms with Crippen LogP contribution in [0.3, 0.4) is 0 Å². The summed E-state index contributed by atoms with van der Waals surface area (Å²) in [6.07, 6.45) is -0.486. The molecule has 1 heterocycles. The fraction of sp³-hybridized carbons (Fsp3) is 0.533. The Morgan fingerprint density at radius 2 is 2.33 bits per heavy atom. The van der Waals surface area contributed by atoms with Crippen LogP contribution in [-0.2, 0) is 16.1 Å². The van der Waals surface area contributed by atoms with Crippen LogP contribution in [0.15, 0.2) is 24.3 Å². The third-order valence-corrected chi connectivity index (χ3v) is 3.44. The first kappa shape index (κ1) is 15.8. The summed E-state index contributed by atoms with van der Waals surface area (Å²) in [6, 6.07) is 7.55. The molecule has 1 atom stereocenters. The largest absolute Gasteiger partial charge is 0.496 e. The van der Waals surface area contributed by atoms with Crippen LogP contribution in [0, 0.1) is 0 Å². The third kappa shape index (κ3) is 4.17. The Hall–Kier alpha value is -1.63. The molecule has 1 aliphatic rings. The van der Waals surface area contributed by atoms with E-state index >= 15 is 0 Å². The van der Waals surface area contributed by atoms with E-state index in [1.807, 2.05) is 24.3 Å². The Balaban J connectivity index is 2.08. The van der Waals surface area contributed by atoms with Crippen molar-refractivity contribution in [1.82, 2.24) is 10.2 Å².